The van der Waals surface area contributed by atoms with Gasteiger partial charge in [0.15, 0.2) is 5.82 Å². The van der Waals surface area contributed by atoms with Crippen molar-refractivity contribution in [1.29, 1.82) is 0 Å². The Morgan fingerprint density at radius 2 is 2.00 bits per heavy atom. The molecular formula is C20H21N7. The summed E-state index contributed by atoms with van der Waals surface area (Å²) in [6.45, 7) is 4.06. The molecule has 0 radical (unpaired) electrons. The highest BCUT2D eigenvalue weighted by Gasteiger charge is 2.19. The molecule has 0 amide bonds. The molecule has 1 N–H and O–H groups in total. The van der Waals surface area contributed by atoms with Gasteiger partial charge in [0.05, 0.1) is 23.4 Å². The Morgan fingerprint density at radius 3 is 2.89 bits per heavy atom. The van der Waals surface area contributed by atoms with Crippen molar-refractivity contribution in [2.24, 2.45) is 0 Å². The molecule has 4 aromatic rings. The molecule has 3 aromatic heterocycles. The summed E-state index contributed by atoms with van der Waals surface area (Å²) < 4.78 is 4.03. The molecule has 5 rings (SSSR count). The maximum absolute atomic E-state index is 4.75. The van der Waals surface area contributed by atoms with E-state index in [9.17, 15) is 0 Å². The molecule has 7 nitrogen and oxygen atoms in total. The van der Waals surface area contributed by atoms with Crippen LogP contribution in [0.4, 0.5) is 0 Å². The number of pyridine rings is 1. The van der Waals surface area contributed by atoms with Crippen LogP contribution in [0.25, 0.3) is 28.1 Å². The summed E-state index contributed by atoms with van der Waals surface area (Å²) in [5.74, 6) is 0.783. The number of aromatic nitrogens is 6. The molecular weight excluding hydrogens is 338 g/mol. The van der Waals surface area contributed by atoms with E-state index in [1.807, 2.05) is 40.7 Å². The molecule has 1 saturated heterocycles. The third kappa shape index (κ3) is 2.90. The molecule has 7 heteroatoms. The molecule has 0 bridgehead atoms. The fourth-order valence-electron chi connectivity index (χ4n) is 3.74. The molecule has 136 valence electrons. The van der Waals surface area contributed by atoms with Crippen molar-refractivity contribution in [1.82, 2.24) is 34.8 Å². The number of fused-ring (bicyclic) bond motifs is 1. The third-order valence-corrected chi connectivity index (χ3v) is 5.16. The Labute approximate surface area is 157 Å². The third-order valence-electron chi connectivity index (χ3n) is 5.16. The molecule has 4 heterocycles. The van der Waals surface area contributed by atoms with Crippen molar-refractivity contribution >= 4 is 10.9 Å². The first kappa shape index (κ1) is 16.1. The van der Waals surface area contributed by atoms with Crippen LogP contribution in [-0.2, 0) is 0 Å². The highest BCUT2D eigenvalue weighted by molar-refractivity contribution is 5.87. The van der Waals surface area contributed by atoms with Gasteiger partial charge in [0.25, 0.3) is 0 Å². The predicted octanol–water partition coefficient (Wildman–Crippen LogP) is 2.91. The standard InChI is InChI=1S/C20H21N7/c1-14-5-6-15-3-2-4-18(19(15)23-14)26-12-11-22-20(26)17-13-27(25-24-17)16-7-9-21-10-8-16/h2-6,11-13,16,21H,7-10H2,1H3. The van der Waals surface area contributed by atoms with Gasteiger partial charge in [-0.1, -0.05) is 23.4 Å². The van der Waals surface area contributed by atoms with E-state index in [1.54, 1.807) is 6.20 Å². The number of hydrogen-bond acceptors (Lipinski definition) is 5. The van der Waals surface area contributed by atoms with E-state index < -0.39 is 0 Å². The molecule has 1 aliphatic rings. The van der Waals surface area contributed by atoms with E-state index in [0.29, 0.717) is 6.04 Å². The molecule has 0 atom stereocenters. The summed E-state index contributed by atoms with van der Waals surface area (Å²) >= 11 is 0. The minimum atomic E-state index is 0.401. The van der Waals surface area contributed by atoms with Crippen LogP contribution >= 0.6 is 0 Å². The molecule has 0 spiro atoms. The van der Waals surface area contributed by atoms with Gasteiger partial charge in [-0.25, -0.2) is 9.67 Å². The zero-order valence-electron chi connectivity index (χ0n) is 15.2. The molecule has 27 heavy (non-hydrogen) atoms. The maximum Gasteiger partial charge on any atom is 0.166 e. The first-order valence-electron chi connectivity index (χ1n) is 9.32. The van der Waals surface area contributed by atoms with Gasteiger partial charge in [-0.15, -0.1) is 5.10 Å². The number of piperidine rings is 1. The van der Waals surface area contributed by atoms with Gasteiger partial charge in [-0.2, -0.15) is 0 Å². The lowest BCUT2D eigenvalue weighted by molar-refractivity contribution is 0.337. The Hall–Kier alpha value is -3.06. The number of nitrogens with one attached hydrogen (secondary N) is 1. The van der Waals surface area contributed by atoms with Gasteiger partial charge in [-0.05, 0) is 45.0 Å². The molecule has 1 aromatic carbocycles. The highest BCUT2D eigenvalue weighted by Crippen LogP contribution is 2.26. The van der Waals surface area contributed by atoms with Crippen LogP contribution in [0.2, 0.25) is 0 Å². The lowest BCUT2D eigenvalue weighted by atomic mass is 10.1. The number of para-hydroxylation sites is 1. The Balaban J connectivity index is 1.58. The van der Waals surface area contributed by atoms with Crippen molar-refractivity contribution in [3.8, 4) is 17.2 Å². The zero-order chi connectivity index (χ0) is 18.2. The van der Waals surface area contributed by atoms with Crippen LogP contribution in [0.1, 0.15) is 24.6 Å². The Bertz CT molecular complexity index is 1090. The normalized spacial score (nSPS) is 15.4. The average Bonchev–Trinajstić information content (AvgIpc) is 3.37. The Morgan fingerprint density at radius 1 is 1.11 bits per heavy atom. The van der Waals surface area contributed by atoms with Gasteiger partial charge < -0.3 is 5.32 Å². The van der Waals surface area contributed by atoms with E-state index in [0.717, 1.165) is 59.7 Å². The van der Waals surface area contributed by atoms with Crippen molar-refractivity contribution in [3.05, 3.63) is 54.6 Å². The summed E-state index contributed by atoms with van der Waals surface area (Å²) in [5, 5.41) is 13.3. The van der Waals surface area contributed by atoms with Gasteiger partial charge in [-0.3, -0.25) is 9.55 Å². The summed E-state index contributed by atoms with van der Waals surface area (Å²) in [6, 6.07) is 10.7. The maximum atomic E-state index is 4.75. The zero-order valence-corrected chi connectivity index (χ0v) is 15.2. The van der Waals surface area contributed by atoms with Crippen LogP contribution in [0.15, 0.2) is 48.9 Å². The molecule has 1 fully saturated rings. The summed E-state index contributed by atoms with van der Waals surface area (Å²) in [6.07, 6.45) is 7.91. The number of rotatable bonds is 3. The van der Waals surface area contributed by atoms with Gasteiger partial charge >= 0.3 is 0 Å². The van der Waals surface area contributed by atoms with Gasteiger partial charge in [0, 0.05) is 23.5 Å². The first-order valence-corrected chi connectivity index (χ1v) is 9.32. The van der Waals surface area contributed by atoms with Crippen molar-refractivity contribution in [2.45, 2.75) is 25.8 Å². The van der Waals surface area contributed by atoms with Crippen LogP contribution in [-0.4, -0.2) is 42.6 Å². The molecule has 0 aliphatic carbocycles. The van der Waals surface area contributed by atoms with Crippen molar-refractivity contribution < 1.29 is 0 Å². The van der Waals surface area contributed by atoms with E-state index in [1.165, 1.54) is 0 Å². The SMILES string of the molecule is Cc1ccc2cccc(-n3ccnc3-c3cn(C4CCNCC4)nn3)c2n1. The molecule has 0 unspecified atom stereocenters. The largest absolute Gasteiger partial charge is 0.317 e. The predicted molar refractivity (Wildman–Crippen MR) is 104 cm³/mol. The first-order chi connectivity index (χ1) is 13.3. The summed E-state index contributed by atoms with van der Waals surface area (Å²) in [5.41, 5.74) is 3.74. The van der Waals surface area contributed by atoms with Crippen molar-refractivity contribution in [2.75, 3.05) is 13.1 Å². The smallest absolute Gasteiger partial charge is 0.166 e. The summed E-state index contributed by atoms with van der Waals surface area (Å²) in [4.78, 5) is 9.31. The molecule has 0 saturated carbocycles. The van der Waals surface area contributed by atoms with Crippen molar-refractivity contribution in [3.63, 3.8) is 0 Å². The van der Waals surface area contributed by atoms with Gasteiger partial charge in [0.2, 0.25) is 0 Å². The second-order valence-electron chi connectivity index (χ2n) is 6.99. The van der Waals surface area contributed by atoms with Gasteiger partial charge in [0.1, 0.15) is 5.69 Å². The number of nitrogens with zero attached hydrogens (tertiary/aromatic N) is 6. The van der Waals surface area contributed by atoms with Crippen LogP contribution in [0.5, 0.6) is 0 Å². The highest BCUT2D eigenvalue weighted by atomic mass is 15.4. The van der Waals surface area contributed by atoms with E-state index in [-0.39, 0.29) is 0 Å². The number of imidazole rings is 1. The number of hydrogen-bond donors (Lipinski definition) is 1. The minimum Gasteiger partial charge on any atom is -0.317 e. The average molecular weight is 359 g/mol. The monoisotopic (exact) mass is 359 g/mol. The number of benzene rings is 1. The van der Waals surface area contributed by atoms with E-state index in [2.05, 4.69) is 38.8 Å². The lowest BCUT2D eigenvalue weighted by Gasteiger charge is -2.22. The summed E-state index contributed by atoms with van der Waals surface area (Å²) in [7, 11) is 0. The van der Waals surface area contributed by atoms with Crippen LogP contribution in [0.3, 0.4) is 0 Å². The topological polar surface area (TPSA) is 73.5 Å². The van der Waals surface area contributed by atoms with Crippen LogP contribution < -0.4 is 5.32 Å². The number of aryl methyl sites for hydroxylation is 1. The minimum absolute atomic E-state index is 0.401. The quantitative estimate of drug-likeness (QED) is 0.609. The van der Waals surface area contributed by atoms with E-state index in [4.69, 9.17) is 4.98 Å². The fourth-order valence-corrected chi connectivity index (χ4v) is 3.74. The Kier molecular flexibility index (Phi) is 3.94. The molecule has 1 aliphatic heterocycles. The van der Waals surface area contributed by atoms with E-state index >= 15 is 0 Å². The fraction of sp³-hybridized carbons (Fsp3) is 0.300. The second kappa shape index (κ2) is 6.59. The lowest BCUT2D eigenvalue weighted by Crippen LogP contribution is -2.29. The second-order valence-corrected chi connectivity index (χ2v) is 6.99. The van der Waals surface area contributed by atoms with Crippen LogP contribution in [0, 0.1) is 6.92 Å².